The third kappa shape index (κ3) is 1.76. The van der Waals surface area contributed by atoms with E-state index >= 15 is 0 Å². The van der Waals surface area contributed by atoms with Gasteiger partial charge in [-0.1, -0.05) is 12.1 Å². The second kappa shape index (κ2) is 4.14. The normalized spacial score (nSPS) is 25.1. The zero-order valence-electron chi connectivity index (χ0n) is 9.39. The second-order valence-corrected chi connectivity index (χ2v) is 4.16. The summed E-state index contributed by atoms with van der Waals surface area (Å²) < 4.78 is 0. The average Bonchev–Trinajstić information content (AvgIpc) is 2.54. The van der Waals surface area contributed by atoms with Crippen molar-refractivity contribution in [2.24, 2.45) is 5.73 Å². The van der Waals surface area contributed by atoms with Gasteiger partial charge >= 0.3 is 0 Å². The lowest BCUT2D eigenvalue weighted by Gasteiger charge is -2.26. The van der Waals surface area contributed by atoms with Crippen LogP contribution in [-0.4, -0.2) is 23.4 Å². The SMILES string of the molecule is CCN1C(=O)CC(N)C1c1ccc(N)cc1. The molecular formula is C12H17N3O. The average molecular weight is 219 g/mol. The summed E-state index contributed by atoms with van der Waals surface area (Å²) in [6, 6.07) is 7.47. The van der Waals surface area contributed by atoms with Gasteiger partial charge in [-0.25, -0.2) is 0 Å². The molecule has 0 bridgehead atoms. The van der Waals surface area contributed by atoms with Crippen LogP contribution in [0.5, 0.6) is 0 Å². The van der Waals surface area contributed by atoms with Crippen molar-refractivity contribution in [1.29, 1.82) is 0 Å². The maximum Gasteiger partial charge on any atom is 0.224 e. The Morgan fingerprint density at radius 3 is 2.56 bits per heavy atom. The number of likely N-dealkylation sites (N-methyl/N-ethyl adjacent to an activating group) is 1. The lowest BCUT2D eigenvalue weighted by molar-refractivity contribution is -0.128. The van der Waals surface area contributed by atoms with Gasteiger partial charge in [-0.3, -0.25) is 4.79 Å². The highest BCUT2D eigenvalue weighted by molar-refractivity contribution is 5.80. The summed E-state index contributed by atoms with van der Waals surface area (Å²) in [5, 5.41) is 0. The predicted octanol–water partition coefficient (Wildman–Crippen LogP) is 0.889. The summed E-state index contributed by atoms with van der Waals surface area (Å²) in [5.41, 5.74) is 13.4. The lowest BCUT2D eigenvalue weighted by Crippen LogP contribution is -2.32. The summed E-state index contributed by atoms with van der Waals surface area (Å²) in [4.78, 5) is 13.5. The smallest absolute Gasteiger partial charge is 0.224 e. The Morgan fingerprint density at radius 2 is 2.00 bits per heavy atom. The molecule has 1 aromatic rings. The summed E-state index contributed by atoms with van der Waals surface area (Å²) in [7, 11) is 0. The van der Waals surface area contributed by atoms with Crippen molar-refractivity contribution in [3.05, 3.63) is 29.8 Å². The standard InChI is InChI=1S/C12H17N3O/c1-2-15-11(16)7-10(14)12(15)8-3-5-9(13)6-4-8/h3-6,10,12H,2,7,13-14H2,1H3. The Kier molecular flexibility index (Phi) is 2.83. The van der Waals surface area contributed by atoms with E-state index in [1.54, 1.807) is 0 Å². The van der Waals surface area contributed by atoms with Gasteiger partial charge in [-0.05, 0) is 24.6 Å². The largest absolute Gasteiger partial charge is 0.399 e. The van der Waals surface area contributed by atoms with Gasteiger partial charge in [0.05, 0.1) is 6.04 Å². The topological polar surface area (TPSA) is 72.3 Å². The van der Waals surface area contributed by atoms with Crippen LogP contribution in [0, 0.1) is 0 Å². The number of carbonyl (C=O) groups excluding carboxylic acids is 1. The van der Waals surface area contributed by atoms with Crippen LogP contribution in [0.1, 0.15) is 24.9 Å². The van der Waals surface area contributed by atoms with Crippen molar-refractivity contribution >= 4 is 11.6 Å². The first-order valence-electron chi connectivity index (χ1n) is 5.54. The number of nitrogens with zero attached hydrogens (tertiary/aromatic N) is 1. The molecular weight excluding hydrogens is 202 g/mol. The first-order valence-corrected chi connectivity index (χ1v) is 5.54. The van der Waals surface area contributed by atoms with Crippen LogP contribution in [0.25, 0.3) is 0 Å². The first-order chi connectivity index (χ1) is 7.63. The third-order valence-corrected chi connectivity index (χ3v) is 3.09. The molecule has 2 atom stereocenters. The Labute approximate surface area is 95.2 Å². The molecule has 4 N–H and O–H groups in total. The number of nitrogens with two attached hydrogens (primary N) is 2. The Bertz CT molecular complexity index is 388. The molecule has 1 fully saturated rings. The number of hydrogen-bond acceptors (Lipinski definition) is 3. The molecule has 1 aliphatic rings. The molecule has 0 aliphatic carbocycles. The van der Waals surface area contributed by atoms with Gasteiger partial charge < -0.3 is 16.4 Å². The van der Waals surface area contributed by atoms with Crippen molar-refractivity contribution in [1.82, 2.24) is 4.90 Å². The summed E-state index contributed by atoms with van der Waals surface area (Å²) in [6.45, 7) is 2.67. The minimum Gasteiger partial charge on any atom is -0.399 e. The molecule has 4 nitrogen and oxygen atoms in total. The van der Waals surface area contributed by atoms with E-state index in [-0.39, 0.29) is 18.0 Å². The van der Waals surface area contributed by atoms with Gasteiger partial charge in [0.25, 0.3) is 0 Å². The van der Waals surface area contributed by atoms with Gasteiger partial charge in [0.2, 0.25) is 5.91 Å². The number of nitrogen functional groups attached to an aromatic ring is 1. The summed E-state index contributed by atoms with van der Waals surface area (Å²) >= 11 is 0. The molecule has 4 heteroatoms. The minimum atomic E-state index is -0.115. The molecule has 1 heterocycles. The fourth-order valence-corrected chi connectivity index (χ4v) is 2.31. The van der Waals surface area contributed by atoms with E-state index in [9.17, 15) is 4.79 Å². The van der Waals surface area contributed by atoms with Crippen LogP contribution in [0.2, 0.25) is 0 Å². The highest BCUT2D eigenvalue weighted by atomic mass is 16.2. The fourth-order valence-electron chi connectivity index (χ4n) is 2.31. The van der Waals surface area contributed by atoms with Gasteiger partial charge in [-0.2, -0.15) is 0 Å². The van der Waals surface area contributed by atoms with Crippen LogP contribution in [0.15, 0.2) is 24.3 Å². The zero-order chi connectivity index (χ0) is 11.7. The predicted molar refractivity (Wildman–Crippen MR) is 63.6 cm³/mol. The third-order valence-electron chi connectivity index (χ3n) is 3.09. The molecule has 0 aromatic heterocycles. The molecule has 0 spiro atoms. The maximum atomic E-state index is 11.7. The summed E-state index contributed by atoms with van der Waals surface area (Å²) in [6.07, 6.45) is 0.433. The number of likely N-dealkylation sites (tertiary alicyclic amines) is 1. The number of carbonyl (C=O) groups is 1. The molecule has 1 aliphatic heterocycles. The van der Waals surface area contributed by atoms with E-state index in [1.807, 2.05) is 36.1 Å². The Hall–Kier alpha value is -1.55. The minimum absolute atomic E-state index is 0.00176. The molecule has 86 valence electrons. The lowest BCUT2D eigenvalue weighted by atomic mass is 10.0. The zero-order valence-corrected chi connectivity index (χ0v) is 9.39. The molecule has 0 saturated carbocycles. The molecule has 2 unspecified atom stereocenters. The molecule has 16 heavy (non-hydrogen) atoms. The number of benzene rings is 1. The van der Waals surface area contributed by atoms with E-state index in [0.29, 0.717) is 13.0 Å². The monoisotopic (exact) mass is 219 g/mol. The van der Waals surface area contributed by atoms with Crippen molar-refractivity contribution in [3.8, 4) is 0 Å². The van der Waals surface area contributed by atoms with Crippen molar-refractivity contribution in [2.45, 2.75) is 25.4 Å². The van der Waals surface area contributed by atoms with Crippen molar-refractivity contribution in [3.63, 3.8) is 0 Å². The molecule has 1 saturated heterocycles. The Morgan fingerprint density at radius 1 is 1.38 bits per heavy atom. The summed E-state index contributed by atoms with van der Waals surface area (Å²) in [5.74, 6) is 0.136. The van der Waals surface area contributed by atoms with E-state index in [2.05, 4.69) is 0 Å². The molecule has 0 radical (unpaired) electrons. The van der Waals surface area contributed by atoms with E-state index < -0.39 is 0 Å². The van der Waals surface area contributed by atoms with Gasteiger partial charge in [0.15, 0.2) is 0 Å². The van der Waals surface area contributed by atoms with Gasteiger partial charge in [0.1, 0.15) is 0 Å². The van der Waals surface area contributed by atoms with Gasteiger partial charge in [0, 0.05) is 24.7 Å². The molecule has 2 rings (SSSR count). The Balaban J connectivity index is 2.31. The number of rotatable bonds is 2. The number of anilines is 1. The van der Waals surface area contributed by atoms with Crippen LogP contribution in [0.3, 0.4) is 0 Å². The maximum absolute atomic E-state index is 11.7. The van der Waals surface area contributed by atoms with Crippen molar-refractivity contribution < 1.29 is 4.79 Å². The van der Waals surface area contributed by atoms with Gasteiger partial charge in [-0.15, -0.1) is 0 Å². The van der Waals surface area contributed by atoms with E-state index in [4.69, 9.17) is 11.5 Å². The van der Waals surface area contributed by atoms with Crippen LogP contribution in [-0.2, 0) is 4.79 Å². The fraction of sp³-hybridized carbons (Fsp3) is 0.417. The second-order valence-electron chi connectivity index (χ2n) is 4.16. The van der Waals surface area contributed by atoms with E-state index in [0.717, 1.165) is 11.3 Å². The highest BCUT2D eigenvalue weighted by Gasteiger charge is 2.37. The molecule has 1 amide bonds. The van der Waals surface area contributed by atoms with Crippen LogP contribution >= 0.6 is 0 Å². The number of amides is 1. The first kappa shape index (κ1) is 11.0. The van der Waals surface area contributed by atoms with Crippen molar-refractivity contribution in [2.75, 3.05) is 12.3 Å². The quantitative estimate of drug-likeness (QED) is 0.725. The van der Waals surface area contributed by atoms with E-state index in [1.165, 1.54) is 0 Å². The highest BCUT2D eigenvalue weighted by Crippen LogP contribution is 2.31. The molecule has 1 aromatic carbocycles. The van der Waals surface area contributed by atoms with Crippen LogP contribution in [0.4, 0.5) is 5.69 Å². The van der Waals surface area contributed by atoms with Crippen LogP contribution < -0.4 is 11.5 Å². The number of hydrogen-bond donors (Lipinski definition) is 2.